The van der Waals surface area contributed by atoms with E-state index in [0.717, 1.165) is 5.56 Å². The van der Waals surface area contributed by atoms with E-state index in [0.29, 0.717) is 31.5 Å². The van der Waals surface area contributed by atoms with Crippen molar-refractivity contribution in [3.8, 4) is 0 Å². The average Bonchev–Trinajstić information content (AvgIpc) is 3.22. The molecule has 26 heavy (non-hydrogen) atoms. The van der Waals surface area contributed by atoms with E-state index in [1.807, 2.05) is 26.0 Å². The Hall–Kier alpha value is -2.27. The van der Waals surface area contributed by atoms with Crippen LogP contribution in [0.5, 0.6) is 0 Å². The van der Waals surface area contributed by atoms with Gasteiger partial charge in [-0.05, 0) is 42.0 Å². The number of carbonyl (C=O) groups excluding carboxylic acids is 1. The van der Waals surface area contributed by atoms with Crippen LogP contribution in [0.4, 0.5) is 4.39 Å². The molecule has 1 aromatic carbocycles. The smallest absolute Gasteiger partial charge is 0.234 e. The first-order valence-electron chi connectivity index (χ1n) is 8.96. The minimum absolute atomic E-state index is 0.0101. The van der Waals surface area contributed by atoms with Crippen LogP contribution in [0, 0.1) is 11.2 Å². The van der Waals surface area contributed by atoms with Gasteiger partial charge in [0.2, 0.25) is 5.91 Å². The molecular weight excluding hydrogens is 331 g/mol. The zero-order valence-corrected chi connectivity index (χ0v) is 15.3. The summed E-state index contributed by atoms with van der Waals surface area (Å²) in [6, 6.07) is 10.3. The van der Waals surface area contributed by atoms with Crippen molar-refractivity contribution in [3.63, 3.8) is 0 Å². The number of aromatic nitrogens is 1. The third-order valence-corrected chi connectivity index (χ3v) is 5.43. The van der Waals surface area contributed by atoms with E-state index >= 15 is 0 Å². The van der Waals surface area contributed by atoms with E-state index in [-0.39, 0.29) is 23.7 Å². The van der Waals surface area contributed by atoms with Crippen LogP contribution in [-0.4, -0.2) is 34.0 Å². The molecule has 0 unspecified atom stereocenters. The molecule has 1 aromatic heterocycles. The zero-order valence-electron chi connectivity index (χ0n) is 15.3. The second-order valence-corrected chi connectivity index (χ2v) is 7.61. The largest absolute Gasteiger partial charge is 0.396 e. The molecule has 1 amide bonds. The molecule has 5 heteroatoms. The molecule has 0 radical (unpaired) electrons. The molecule has 1 fully saturated rings. The van der Waals surface area contributed by atoms with Crippen LogP contribution in [-0.2, 0) is 16.8 Å². The topological polar surface area (TPSA) is 53.4 Å². The number of amides is 1. The number of benzene rings is 1. The van der Waals surface area contributed by atoms with Crippen molar-refractivity contribution in [1.29, 1.82) is 0 Å². The molecule has 1 N–H and O–H groups in total. The Morgan fingerprint density at radius 3 is 2.46 bits per heavy atom. The maximum Gasteiger partial charge on any atom is 0.234 e. The third kappa shape index (κ3) is 3.23. The molecule has 0 aliphatic heterocycles. The van der Waals surface area contributed by atoms with Gasteiger partial charge in [0.15, 0.2) is 0 Å². The van der Waals surface area contributed by atoms with Crippen LogP contribution in [0.25, 0.3) is 0 Å². The fraction of sp³-hybridized carbons (Fsp3) is 0.429. The van der Waals surface area contributed by atoms with E-state index in [2.05, 4.69) is 4.98 Å². The Morgan fingerprint density at radius 1 is 1.23 bits per heavy atom. The van der Waals surface area contributed by atoms with Gasteiger partial charge < -0.3 is 10.0 Å². The van der Waals surface area contributed by atoms with Crippen LogP contribution in [0.15, 0.2) is 48.8 Å². The molecule has 1 aliphatic carbocycles. The summed E-state index contributed by atoms with van der Waals surface area (Å²) < 4.78 is 14.6. The van der Waals surface area contributed by atoms with Gasteiger partial charge in [0.05, 0.1) is 5.41 Å². The second kappa shape index (κ2) is 7.16. The van der Waals surface area contributed by atoms with Crippen molar-refractivity contribution in [1.82, 2.24) is 9.88 Å². The van der Waals surface area contributed by atoms with Crippen LogP contribution < -0.4 is 0 Å². The lowest BCUT2D eigenvalue weighted by molar-refractivity contribution is -0.135. The molecule has 2 aromatic rings. The lowest BCUT2D eigenvalue weighted by atomic mass is 9.86. The summed E-state index contributed by atoms with van der Waals surface area (Å²) >= 11 is 0. The molecule has 1 saturated carbocycles. The number of nitrogens with zero attached hydrogens (tertiary/aromatic N) is 2. The Labute approximate surface area is 153 Å². The van der Waals surface area contributed by atoms with Crippen LogP contribution in [0.3, 0.4) is 0 Å². The Bertz CT molecular complexity index is 779. The zero-order chi connectivity index (χ0) is 18.8. The molecule has 1 atom stereocenters. The summed E-state index contributed by atoms with van der Waals surface area (Å²) in [7, 11) is 0. The van der Waals surface area contributed by atoms with Crippen LogP contribution >= 0.6 is 0 Å². The first kappa shape index (κ1) is 18.5. The molecule has 138 valence electrons. The standard InChI is InChI=1S/C21H25FN2O2/c1-20(2)15-21(20,17-6-3-4-7-18(17)22)19(26)24(12-5-13-25)14-16-8-10-23-11-9-16/h3-4,6-11,25H,5,12-15H2,1-2H3/t21-/m0/s1. The number of rotatable bonds is 7. The number of carbonyl (C=O) groups is 1. The minimum atomic E-state index is -0.846. The van der Waals surface area contributed by atoms with Crippen LogP contribution in [0.1, 0.15) is 37.8 Å². The summed E-state index contributed by atoms with van der Waals surface area (Å²) in [6.45, 7) is 4.88. The molecular formula is C21H25FN2O2. The van der Waals surface area contributed by atoms with E-state index in [4.69, 9.17) is 0 Å². The Kier molecular flexibility index (Phi) is 5.10. The predicted octanol–water partition coefficient (Wildman–Crippen LogP) is 3.30. The van der Waals surface area contributed by atoms with Gasteiger partial charge in [0, 0.05) is 37.7 Å². The monoisotopic (exact) mass is 356 g/mol. The molecule has 4 nitrogen and oxygen atoms in total. The SMILES string of the molecule is CC1(C)C[C@@]1(C(=O)N(CCCO)Cc1ccncc1)c1ccccc1F. The third-order valence-electron chi connectivity index (χ3n) is 5.43. The molecule has 0 saturated heterocycles. The van der Waals surface area contributed by atoms with Gasteiger partial charge >= 0.3 is 0 Å². The summed E-state index contributed by atoms with van der Waals surface area (Å²) in [5.74, 6) is -0.407. The van der Waals surface area contributed by atoms with Gasteiger partial charge in [-0.25, -0.2) is 4.39 Å². The first-order valence-corrected chi connectivity index (χ1v) is 8.96. The molecule has 3 rings (SSSR count). The second-order valence-electron chi connectivity index (χ2n) is 7.61. The Morgan fingerprint density at radius 2 is 1.88 bits per heavy atom. The average molecular weight is 356 g/mol. The number of hydrogen-bond donors (Lipinski definition) is 1. The highest BCUT2D eigenvalue weighted by atomic mass is 19.1. The van der Waals surface area contributed by atoms with Crippen molar-refractivity contribution < 1.29 is 14.3 Å². The van der Waals surface area contributed by atoms with Crippen molar-refractivity contribution in [2.75, 3.05) is 13.2 Å². The number of aliphatic hydroxyl groups is 1. The normalized spacial score (nSPS) is 20.6. The van der Waals surface area contributed by atoms with E-state index in [9.17, 15) is 14.3 Å². The summed E-state index contributed by atoms with van der Waals surface area (Å²) in [5.41, 5.74) is 0.287. The number of pyridine rings is 1. The van der Waals surface area contributed by atoms with Gasteiger partial charge in [-0.1, -0.05) is 32.0 Å². The van der Waals surface area contributed by atoms with Gasteiger partial charge in [-0.2, -0.15) is 0 Å². The lowest BCUT2D eigenvalue weighted by Gasteiger charge is -2.30. The van der Waals surface area contributed by atoms with Gasteiger partial charge in [0.25, 0.3) is 0 Å². The summed E-state index contributed by atoms with van der Waals surface area (Å²) in [4.78, 5) is 19.3. The van der Waals surface area contributed by atoms with E-state index < -0.39 is 5.41 Å². The van der Waals surface area contributed by atoms with Crippen molar-refractivity contribution in [2.45, 2.75) is 38.6 Å². The quantitative estimate of drug-likeness (QED) is 0.828. The van der Waals surface area contributed by atoms with Crippen molar-refractivity contribution in [3.05, 3.63) is 65.7 Å². The fourth-order valence-electron chi connectivity index (χ4n) is 3.86. The number of hydrogen-bond acceptors (Lipinski definition) is 3. The minimum Gasteiger partial charge on any atom is -0.396 e. The van der Waals surface area contributed by atoms with Crippen molar-refractivity contribution in [2.24, 2.45) is 5.41 Å². The molecule has 0 spiro atoms. The summed E-state index contributed by atoms with van der Waals surface area (Å²) in [5, 5.41) is 9.24. The van der Waals surface area contributed by atoms with Gasteiger partial charge in [0.1, 0.15) is 5.82 Å². The highest BCUT2D eigenvalue weighted by Crippen LogP contribution is 2.65. The maximum absolute atomic E-state index is 14.6. The lowest BCUT2D eigenvalue weighted by Crippen LogP contribution is -2.42. The summed E-state index contributed by atoms with van der Waals surface area (Å²) in [6.07, 6.45) is 4.49. The van der Waals surface area contributed by atoms with Gasteiger partial charge in [-0.3, -0.25) is 9.78 Å². The predicted molar refractivity (Wildman–Crippen MR) is 97.8 cm³/mol. The highest BCUT2D eigenvalue weighted by molar-refractivity contribution is 5.93. The van der Waals surface area contributed by atoms with Crippen molar-refractivity contribution >= 4 is 5.91 Å². The van der Waals surface area contributed by atoms with E-state index in [1.165, 1.54) is 6.07 Å². The maximum atomic E-state index is 14.6. The number of halogens is 1. The van der Waals surface area contributed by atoms with Gasteiger partial charge in [-0.15, -0.1) is 0 Å². The molecule has 1 aliphatic rings. The van der Waals surface area contributed by atoms with E-state index in [1.54, 1.807) is 35.5 Å². The fourth-order valence-corrected chi connectivity index (χ4v) is 3.86. The highest BCUT2D eigenvalue weighted by Gasteiger charge is 2.68. The Balaban J connectivity index is 1.95. The molecule has 1 heterocycles. The first-order chi connectivity index (χ1) is 12.4. The molecule has 0 bridgehead atoms. The van der Waals surface area contributed by atoms with Crippen LogP contribution in [0.2, 0.25) is 0 Å². The number of aliphatic hydroxyl groups excluding tert-OH is 1.